The van der Waals surface area contributed by atoms with Gasteiger partial charge in [0.15, 0.2) is 17.3 Å². The van der Waals surface area contributed by atoms with Crippen LogP contribution in [0.2, 0.25) is 5.02 Å². The Morgan fingerprint density at radius 1 is 1.10 bits per heavy atom. The van der Waals surface area contributed by atoms with Crippen molar-refractivity contribution in [3.8, 4) is 11.5 Å². The molecule has 0 amide bonds. The van der Waals surface area contributed by atoms with Crippen molar-refractivity contribution >= 4 is 17.4 Å². The van der Waals surface area contributed by atoms with E-state index >= 15 is 0 Å². The molecule has 0 aliphatic rings. The van der Waals surface area contributed by atoms with Crippen molar-refractivity contribution in [1.82, 2.24) is 0 Å². The van der Waals surface area contributed by atoms with Crippen molar-refractivity contribution in [3.63, 3.8) is 0 Å². The van der Waals surface area contributed by atoms with E-state index in [1.807, 2.05) is 0 Å². The second kappa shape index (κ2) is 6.14. The maximum Gasteiger partial charge on any atom is 0.197 e. The van der Waals surface area contributed by atoms with Gasteiger partial charge >= 0.3 is 0 Å². The molecule has 21 heavy (non-hydrogen) atoms. The quantitative estimate of drug-likeness (QED) is 0.800. The van der Waals surface area contributed by atoms with E-state index in [4.69, 9.17) is 21.1 Å². The predicted molar refractivity (Wildman–Crippen MR) is 79.1 cm³/mol. The summed E-state index contributed by atoms with van der Waals surface area (Å²) in [7, 11) is 2.92. The number of aryl methyl sites for hydroxylation is 1. The summed E-state index contributed by atoms with van der Waals surface area (Å²) in [5.41, 5.74) is 0.542. The number of halogens is 2. The summed E-state index contributed by atoms with van der Waals surface area (Å²) in [5, 5.41) is 0.179. The van der Waals surface area contributed by atoms with Gasteiger partial charge in [-0.3, -0.25) is 4.79 Å². The van der Waals surface area contributed by atoms with Crippen LogP contribution >= 0.6 is 11.6 Å². The Balaban J connectivity index is 2.56. The number of ketones is 1. The third kappa shape index (κ3) is 2.85. The first-order valence-electron chi connectivity index (χ1n) is 6.21. The summed E-state index contributed by atoms with van der Waals surface area (Å²) in [6, 6.07) is 7.58. The van der Waals surface area contributed by atoms with E-state index in [1.165, 1.54) is 32.4 Å². The third-order valence-electron chi connectivity index (χ3n) is 3.15. The van der Waals surface area contributed by atoms with Crippen molar-refractivity contribution in [2.45, 2.75) is 6.92 Å². The molecule has 2 aromatic carbocycles. The Hall–Kier alpha value is -2.07. The van der Waals surface area contributed by atoms with Crippen LogP contribution in [0, 0.1) is 12.7 Å². The molecule has 0 aliphatic carbocycles. The molecule has 5 heteroatoms. The van der Waals surface area contributed by atoms with Crippen LogP contribution in [-0.4, -0.2) is 20.0 Å². The lowest BCUT2D eigenvalue weighted by Gasteiger charge is -2.12. The first-order valence-corrected chi connectivity index (χ1v) is 6.58. The molecule has 2 rings (SSSR count). The molecular weight excluding hydrogens is 295 g/mol. The van der Waals surface area contributed by atoms with Crippen molar-refractivity contribution < 1.29 is 18.7 Å². The van der Waals surface area contributed by atoms with Crippen LogP contribution in [0.3, 0.4) is 0 Å². The number of carbonyl (C=O) groups excluding carboxylic acids is 1. The van der Waals surface area contributed by atoms with Crippen molar-refractivity contribution in [2.75, 3.05) is 14.2 Å². The van der Waals surface area contributed by atoms with Crippen LogP contribution in [-0.2, 0) is 0 Å². The number of benzene rings is 2. The molecule has 3 nitrogen and oxygen atoms in total. The van der Waals surface area contributed by atoms with Gasteiger partial charge in [0, 0.05) is 11.6 Å². The summed E-state index contributed by atoms with van der Waals surface area (Å²) in [4.78, 5) is 12.5. The molecule has 0 radical (unpaired) electrons. The molecule has 0 bridgehead atoms. The number of ether oxygens (including phenoxy) is 2. The molecule has 2 aromatic rings. The van der Waals surface area contributed by atoms with Crippen LogP contribution in [0.15, 0.2) is 30.3 Å². The zero-order chi connectivity index (χ0) is 15.6. The molecule has 0 heterocycles. The lowest BCUT2D eigenvalue weighted by molar-refractivity contribution is 0.103. The van der Waals surface area contributed by atoms with Crippen molar-refractivity contribution in [2.24, 2.45) is 0 Å². The standard InChI is InChI=1S/C16H14ClFO3/c1-9-5-4-6-10(15(9)18)16(19)11-7-13(20-2)14(21-3)8-12(11)17/h4-8H,1-3H3. The molecule has 0 atom stereocenters. The lowest BCUT2D eigenvalue weighted by atomic mass is 10.0. The SMILES string of the molecule is COc1cc(Cl)c(C(=O)c2cccc(C)c2F)cc1OC. The highest BCUT2D eigenvalue weighted by molar-refractivity contribution is 6.35. The Morgan fingerprint density at radius 3 is 2.33 bits per heavy atom. The fourth-order valence-corrected chi connectivity index (χ4v) is 2.24. The largest absolute Gasteiger partial charge is 0.493 e. The summed E-state index contributed by atoms with van der Waals surface area (Å²) >= 11 is 6.10. The van der Waals surface area contributed by atoms with Crippen LogP contribution in [0.4, 0.5) is 4.39 Å². The molecule has 0 aromatic heterocycles. The van der Waals surface area contributed by atoms with E-state index in [0.29, 0.717) is 17.1 Å². The summed E-state index contributed by atoms with van der Waals surface area (Å²) < 4.78 is 24.3. The lowest BCUT2D eigenvalue weighted by Crippen LogP contribution is -2.07. The smallest absolute Gasteiger partial charge is 0.197 e. The molecule has 0 N–H and O–H groups in total. The number of rotatable bonds is 4. The average Bonchev–Trinajstić information content (AvgIpc) is 2.49. The zero-order valence-corrected chi connectivity index (χ0v) is 12.6. The summed E-state index contributed by atoms with van der Waals surface area (Å²) in [6.07, 6.45) is 0. The van der Waals surface area contributed by atoms with Crippen LogP contribution in [0.1, 0.15) is 21.5 Å². The molecule has 0 spiro atoms. The van der Waals surface area contributed by atoms with E-state index in [2.05, 4.69) is 0 Å². The topological polar surface area (TPSA) is 35.5 Å². The van der Waals surface area contributed by atoms with Gasteiger partial charge in [-0.1, -0.05) is 23.7 Å². The molecule has 0 saturated heterocycles. The second-order valence-electron chi connectivity index (χ2n) is 4.45. The monoisotopic (exact) mass is 308 g/mol. The average molecular weight is 309 g/mol. The molecule has 0 saturated carbocycles. The Morgan fingerprint density at radius 2 is 1.71 bits per heavy atom. The molecular formula is C16H14ClFO3. The fraction of sp³-hybridized carbons (Fsp3) is 0.188. The normalized spacial score (nSPS) is 10.3. The van der Waals surface area contributed by atoms with E-state index in [1.54, 1.807) is 19.1 Å². The minimum Gasteiger partial charge on any atom is -0.493 e. The van der Waals surface area contributed by atoms with Gasteiger partial charge in [-0.15, -0.1) is 0 Å². The Kier molecular flexibility index (Phi) is 4.48. The highest BCUT2D eigenvalue weighted by Gasteiger charge is 2.20. The molecule has 0 fully saturated rings. The summed E-state index contributed by atoms with van der Waals surface area (Å²) in [5.74, 6) is -0.280. The minimum atomic E-state index is -0.548. The van der Waals surface area contributed by atoms with Gasteiger partial charge in [-0.05, 0) is 24.6 Å². The highest BCUT2D eigenvalue weighted by Crippen LogP contribution is 2.34. The van der Waals surface area contributed by atoms with Gasteiger partial charge in [-0.2, -0.15) is 0 Å². The van der Waals surface area contributed by atoms with E-state index in [9.17, 15) is 9.18 Å². The van der Waals surface area contributed by atoms with E-state index in [-0.39, 0.29) is 16.1 Å². The molecule has 0 aliphatic heterocycles. The van der Waals surface area contributed by atoms with Crippen LogP contribution < -0.4 is 9.47 Å². The number of hydrogen-bond donors (Lipinski definition) is 0. The Bertz CT molecular complexity index is 698. The minimum absolute atomic E-state index is 0.0240. The van der Waals surface area contributed by atoms with Crippen LogP contribution in [0.25, 0.3) is 0 Å². The van der Waals surface area contributed by atoms with E-state index in [0.717, 1.165) is 0 Å². The predicted octanol–water partition coefficient (Wildman–Crippen LogP) is 4.04. The number of methoxy groups -OCH3 is 2. The van der Waals surface area contributed by atoms with Gasteiger partial charge in [0.25, 0.3) is 0 Å². The van der Waals surface area contributed by atoms with Crippen LogP contribution in [0.5, 0.6) is 11.5 Å². The van der Waals surface area contributed by atoms with Crippen molar-refractivity contribution in [3.05, 3.63) is 57.9 Å². The van der Waals surface area contributed by atoms with Gasteiger partial charge in [0.1, 0.15) is 5.82 Å². The maximum absolute atomic E-state index is 14.1. The maximum atomic E-state index is 14.1. The van der Waals surface area contributed by atoms with Gasteiger partial charge < -0.3 is 9.47 Å². The molecule has 0 unspecified atom stereocenters. The number of hydrogen-bond acceptors (Lipinski definition) is 3. The number of carbonyl (C=O) groups is 1. The highest BCUT2D eigenvalue weighted by atomic mass is 35.5. The van der Waals surface area contributed by atoms with Gasteiger partial charge in [-0.25, -0.2) is 4.39 Å². The first kappa shape index (κ1) is 15.3. The second-order valence-corrected chi connectivity index (χ2v) is 4.86. The van der Waals surface area contributed by atoms with Gasteiger partial charge in [0.2, 0.25) is 0 Å². The third-order valence-corrected chi connectivity index (χ3v) is 3.47. The van der Waals surface area contributed by atoms with E-state index < -0.39 is 11.6 Å². The summed E-state index contributed by atoms with van der Waals surface area (Å²) in [6.45, 7) is 1.60. The fourth-order valence-electron chi connectivity index (χ4n) is 2.00. The molecule has 110 valence electrons. The Labute approximate surface area is 127 Å². The first-order chi connectivity index (χ1) is 9.99. The zero-order valence-electron chi connectivity index (χ0n) is 11.9. The van der Waals surface area contributed by atoms with Crippen molar-refractivity contribution in [1.29, 1.82) is 0 Å². The van der Waals surface area contributed by atoms with Gasteiger partial charge in [0.05, 0.1) is 24.8 Å².